The predicted octanol–water partition coefficient (Wildman–Crippen LogP) is 4.91. The van der Waals surface area contributed by atoms with Crippen LogP contribution in [-0.4, -0.2) is 22.1 Å². The number of hydrogen-bond donors (Lipinski definition) is 0. The lowest BCUT2D eigenvalue weighted by Crippen LogP contribution is -2.18. The number of ether oxygens (including phenoxy) is 1. The first-order valence-corrected chi connectivity index (χ1v) is 8.89. The Kier molecular flexibility index (Phi) is 10.4. The first kappa shape index (κ1) is 18.7. The molecule has 0 aliphatic heterocycles. The van der Waals surface area contributed by atoms with Crippen molar-refractivity contribution in [1.29, 1.82) is 0 Å². The molecule has 126 valence electrons. The van der Waals surface area contributed by atoms with Crippen molar-refractivity contribution in [2.24, 2.45) is 0 Å². The summed E-state index contributed by atoms with van der Waals surface area (Å²) in [6, 6.07) is -0.286. The number of carbonyl (C=O) groups excluding carboxylic acids is 1. The van der Waals surface area contributed by atoms with Gasteiger partial charge in [0.2, 0.25) is 0 Å². The first-order valence-electron chi connectivity index (χ1n) is 8.89. The van der Waals surface area contributed by atoms with Gasteiger partial charge in [-0.2, -0.15) is 0 Å². The number of esters is 1. The number of hydrogen-bond acceptors (Lipinski definition) is 3. The van der Waals surface area contributed by atoms with Gasteiger partial charge < -0.3 is 9.30 Å². The highest BCUT2D eigenvalue weighted by atomic mass is 16.5. The quantitative estimate of drug-likeness (QED) is 0.384. The first-order chi connectivity index (χ1) is 10.8. The van der Waals surface area contributed by atoms with Gasteiger partial charge in [0.25, 0.3) is 0 Å². The number of imidazole rings is 1. The molecule has 1 heterocycles. The molecule has 0 fully saturated rings. The third-order valence-electron chi connectivity index (χ3n) is 4.06. The predicted molar refractivity (Wildman–Crippen MR) is 89.7 cm³/mol. The minimum atomic E-state index is -0.286. The highest BCUT2D eigenvalue weighted by Gasteiger charge is 2.15. The Balaban J connectivity index is 1.90. The average molecular weight is 308 g/mol. The molecule has 4 nitrogen and oxygen atoms in total. The van der Waals surface area contributed by atoms with Crippen molar-refractivity contribution >= 4 is 5.97 Å². The number of rotatable bonds is 13. The summed E-state index contributed by atoms with van der Waals surface area (Å²) in [6.45, 7) is 4.62. The molecule has 4 heteroatoms. The largest absolute Gasteiger partial charge is 0.464 e. The molecule has 0 aliphatic carbocycles. The summed E-state index contributed by atoms with van der Waals surface area (Å²) in [7, 11) is 0. The van der Waals surface area contributed by atoms with Crippen molar-refractivity contribution in [3.8, 4) is 0 Å². The molecule has 0 saturated carbocycles. The zero-order chi connectivity index (χ0) is 16.0. The van der Waals surface area contributed by atoms with E-state index < -0.39 is 0 Å². The number of aromatic nitrogens is 2. The van der Waals surface area contributed by atoms with Crippen molar-refractivity contribution in [2.45, 2.75) is 84.1 Å². The van der Waals surface area contributed by atoms with Crippen LogP contribution in [0.25, 0.3) is 0 Å². The standard InChI is InChI=1S/C18H32N2O2/c1-3-4-5-6-7-8-9-10-11-12-15-22-18(21)17(2)20-14-13-19-16-20/h13-14,16-17H,3-12,15H2,1-2H3. The normalized spacial score (nSPS) is 12.3. The molecule has 1 rings (SSSR count). The molecule has 1 atom stereocenters. The van der Waals surface area contributed by atoms with E-state index in [9.17, 15) is 4.79 Å². The fourth-order valence-corrected chi connectivity index (χ4v) is 2.50. The van der Waals surface area contributed by atoms with Crippen molar-refractivity contribution in [2.75, 3.05) is 6.61 Å². The van der Waals surface area contributed by atoms with Crippen LogP contribution in [0.3, 0.4) is 0 Å². The zero-order valence-electron chi connectivity index (χ0n) is 14.3. The van der Waals surface area contributed by atoms with E-state index in [-0.39, 0.29) is 12.0 Å². The SMILES string of the molecule is CCCCCCCCCCCCOC(=O)C(C)n1ccnc1. The lowest BCUT2D eigenvalue weighted by atomic mass is 10.1. The fourth-order valence-electron chi connectivity index (χ4n) is 2.50. The van der Waals surface area contributed by atoms with Gasteiger partial charge in [0, 0.05) is 12.4 Å². The van der Waals surface area contributed by atoms with Crippen LogP contribution >= 0.6 is 0 Å². The molecule has 0 radical (unpaired) electrons. The Morgan fingerprint density at radius 2 is 1.64 bits per heavy atom. The van der Waals surface area contributed by atoms with Crippen LogP contribution in [0, 0.1) is 0 Å². The molecular weight excluding hydrogens is 276 g/mol. The molecule has 0 bridgehead atoms. The monoisotopic (exact) mass is 308 g/mol. The molecule has 0 saturated heterocycles. The van der Waals surface area contributed by atoms with E-state index in [1.54, 1.807) is 23.3 Å². The molecule has 0 aliphatic rings. The minimum Gasteiger partial charge on any atom is -0.464 e. The van der Waals surface area contributed by atoms with E-state index in [1.807, 2.05) is 6.92 Å². The third-order valence-corrected chi connectivity index (χ3v) is 4.06. The summed E-state index contributed by atoms with van der Waals surface area (Å²) < 4.78 is 7.08. The highest BCUT2D eigenvalue weighted by Crippen LogP contribution is 2.11. The lowest BCUT2D eigenvalue weighted by Gasteiger charge is -2.12. The number of unbranched alkanes of at least 4 members (excludes halogenated alkanes) is 9. The van der Waals surface area contributed by atoms with Gasteiger partial charge in [0.1, 0.15) is 6.04 Å². The Labute approximate surface area is 135 Å². The van der Waals surface area contributed by atoms with E-state index in [0.717, 1.165) is 12.8 Å². The van der Waals surface area contributed by atoms with E-state index in [4.69, 9.17) is 4.74 Å². The van der Waals surface area contributed by atoms with E-state index in [2.05, 4.69) is 11.9 Å². The maximum Gasteiger partial charge on any atom is 0.328 e. The van der Waals surface area contributed by atoms with Crippen molar-refractivity contribution in [3.63, 3.8) is 0 Å². The molecular formula is C18H32N2O2. The van der Waals surface area contributed by atoms with E-state index in [0.29, 0.717) is 6.61 Å². The molecule has 0 N–H and O–H groups in total. The van der Waals surface area contributed by atoms with Gasteiger partial charge in [-0.3, -0.25) is 0 Å². The maximum atomic E-state index is 11.8. The van der Waals surface area contributed by atoms with Crippen LogP contribution in [0.4, 0.5) is 0 Å². The van der Waals surface area contributed by atoms with E-state index in [1.165, 1.54) is 51.4 Å². The molecule has 1 unspecified atom stereocenters. The summed E-state index contributed by atoms with van der Waals surface area (Å²) in [4.78, 5) is 15.8. The average Bonchev–Trinajstić information content (AvgIpc) is 3.06. The van der Waals surface area contributed by atoms with Crippen LogP contribution in [0.5, 0.6) is 0 Å². The van der Waals surface area contributed by atoms with Crippen LogP contribution in [0.1, 0.15) is 84.1 Å². The van der Waals surface area contributed by atoms with Gasteiger partial charge in [0.15, 0.2) is 0 Å². The Morgan fingerprint density at radius 3 is 2.18 bits per heavy atom. The topological polar surface area (TPSA) is 44.1 Å². The molecule has 0 spiro atoms. The highest BCUT2D eigenvalue weighted by molar-refractivity contribution is 5.73. The molecule has 0 aromatic carbocycles. The summed E-state index contributed by atoms with van der Waals surface area (Å²) in [5.74, 6) is -0.172. The van der Waals surface area contributed by atoms with Crippen molar-refractivity contribution < 1.29 is 9.53 Å². The van der Waals surface area contributed by atoms with Gasteiger partial charge in [-0.1, -0.05) is 64.7 Å². The smallest absolute Gasteiger partial charge is 0.328 e. The zero-order valence-corrected chi connectivity index (χ0v) is 14.3. The van der Waals surface area contributed by atoms with Crippen molar-refractivity contribution in [3.05, 3.63) is 18.7 Å². The van der Waals surface area contributed by atoms with Crippen LogP contribution in [-0.2, 0) is 9.53 Å². The van der Waals surface area contributed by atoms with Crippen LogP contribution in [0.15, 0.2) is 18.7 Å². The molecule has 1 aromatic rings. The van der Waals surface area contributed by atoms with Gasteiger partial charge in [-0.05, 0) is 13.3 Å². The molecule has 1 aromatic heterocycles. The molecule has 22 heavy (non-hydrogen) atoms. The summed E-state index contributed by atoms with van der Waals surface area (Å²) in [5.41, 5.74) is 0. The second-order valence-corrected chi connectivity index (χ2v) is 6.04. The summed E-state index contributed by atoms with van der Waals surface area (Å²) >= 11 is 0. The Bertz CT molecular complexity index is 376. The van der Waals surface area contributed by atoms with Crippen LogP contribution in [0.2, 0.25) is 0 Å². The Hall–Kier alpha value is -1.32. The lowest BCUT2D eigenvalue weighted by molar-refractivity contribution is -0.147. The third kappa shape index (κ3) is 8.20. The fraction of sp³-hybridized carbons (Fsp3) is 0.778. The summed E-state index contributed by atoms with van der Waals surface area (Å²) in [6.07, 6.45) is 18.0. The van der Waals surface area contributed by atoms with Gasteiger partial charge >= 0.3 is 5.97 Å². The van der Waals surface area contributed by atoms with Crippen molar-refractivity contribution in [1.82, 2.24) is 9.55 Å². The Morgan fingerprint density at radius 1 is 1.05 bits per heavy atom. The maximum absolute atomic E-state index is 11.8. The minimum absolute atomic E-state index is 0.172. The molecule has 0 amide bonds. The second kappa shape index (κ2) is 12.2. The van der Waals surface area contributed by atoms with Gasteiger partial charge in [0.05, 0.1) is 12.9 Å². The number of nitrogens with zero attached hydrogens (tertiary/aromatic N) is 2. The van der Waals surface area contributed by atoms with Crippen LogP contribution < -0.4 is 0 Å². The summed E-state index contributed by atoms with van der Waals surface area (Å²) in [5, 5.41) is 0. The second-order valence-electron chi connectivity index (χ2n) is 6.04. The number of carbonyl (C=O) groups is 1. The van der Waals surface area contributed by atoms with Gasteiger partial charge in [-0.15, -0.1) is 0 Å². The van der Waals surface area contributed by atoms with Gasteiger partial charge in [-0.25, -0.2) is 9.78 Å². The van der Waals surface area contributed by atoms with E-state index >= 15 is 0 Å².